The summed E-state index contributed by atoms with van der Waals surface area (Å²) in [6, 6.07) is 16.7. The highest BCUT2D eigenvalue weighted by Crippen LogP contribution is 2.37. The van der Waals surface area contributed by atoms with Crippen LogP contribution >= 0.6 is 0 Å². The van der Waals surface area contributed by atoms with Crippen LogP contribution in [-0.4, -0.2) is 62.3 Å². The minimum atomic E-state index is -0.0888. The first kappa shape index (κ1) is 32.0. The Morgan fingerprint density at radius 3 is 2.30 bits per heavy atom. The van der Waals surface area contributed by atoms with Crippen molar-refractivity contribution in [1.29, 1.82) is 0 Å². The summed E-state index contributed by atoms with van der Waals surface area (Å²) in [7, 11) is 3.22. The predicted octanol–water partition coefficient (Wildman–Crippen LogP) is 6.28. The average Bonchev–Trinajstić information content (AvgIpc) is 3.00. The molecule has 2 N–H and O–H groups in total. The molecule has 0 bridgehead atoms. The number of nitrogens with one attached hydrogen (secondary N) is 1. The summed E-state index contributed by atoms with van der Waals surface area (Å²) in [5, 5.41) is 12.4. The van der Waals surface area contributed by atoms with Gasteiger partial charge in [-0.1, -0.05) is 26.3 Å². The van der Waals surface area contributed by atoms with Crippen LogP contribution in [0.25, 0.3) is 0 Å². The topological polar surface area (TPSA) is 109 Å². The number of hydrogen-bond acceptors (Lipinski definition) is 8. The first-order valence-electron chi connectivity index (χ1n) is 13.4. The van der Waals surface area contributed by atoms with E-state index in [2.05, 4.69) is 40.9 Å². The Balaban J connectivity index is 0.000000360. The monoisotopic (exact) mass is 547 g/mol. The molecule has 0 aliphatic carbocycles. The molecule has 0 unspecified atom stereocenters. The molecular formula is C31H41N5O4. The van der Waals surface area contributed by atoms with Crippen molar-refractivity contribution in [2.45, 2.75) is 40.0 Å². The van der Waals surface area contributed by atoms with Gasteiger partial charge in [0.2, 0.25) is 0 Å². The number of pyridine rings is 1. The molecule has 9 heteroatoms. The highest BCUT2D eigenvalue weighted by atomic mass is 16.5. The lowest BCUT2D eigenvalue weighted by Gasteiger charge is -2.25. The number of anilines is 2. The molecular weight excluding hydrogens is 506 g/mol. The molecule has 0 saturated heterocycles. The third kappa shape index (κ3) is 9.81. The van der Waals surface area contributed by atoms with Gasteiger partial charge in [-0.05, 0) is 56.8 Å². The number of aromatic nitrogens is 1. The third-order valence-corrected chi connectivity index (χ3v) is 5.95. The fraction of sp³-hybridized carbons (Fsp3) is 0.355. The molecule has 0 aliphatic heterocycles. The molecule has 0 saturated carbocycles. The van der Waals surface area contributed by atoms with Gasteiger partial charge >= 0.3 is 0 Å². The van der Waals surface area contributed by atoms with Gasteiger partial charge in [-0.15, -0.1) is 0 Å². The number of aliphatic hydroxyl groups excluding tert-OH is 1. The quantitative estimate of drug-likeness (QED) is 0.193. The number of unbranched alkanes of at least 4 members (excludes halogenated alkanes) is 1. The largest absolute Gasteiger partial charge is 0.497 e. The van der Waals surface area contributed by atoms with Crippen molar-refractivity contribution in [3.05, 3.63) is 66.5 Å². The fourth-order valence-electron chi connectivity index (χ4n) is 3.61. The zero-order valence-corrected chi connectivity index (χ0v) is 24.2. The number of hydrogen-bond donors (Lipinski definition) is 2. The standard InChI is InChI=1S/C21H27N3O3.C10H14N2O/c1-6-15(2)23-21-13-16(7-8-20(21)22-3)24(9-10-25)17-11-18(26-4)14-19(12-17)27-5;1-2-3-7-12-10(13)9-6-4-5-8-11-9/h7-8,11-14,25H,3,6,9-10H2,1-2,4-5H3;4-6,8H,2-3,7H2,1H3,(H,12,13). The van der Waals surface area contributed by atoms with Crippen LogP contribution in [0.4, 0.5) is 22.7 Å². The maximum atomic E-state index is 11.3. The summed E-state index contributed by atoms with van der Waals surface area (Å²) < 4.78 is 10.7. The second-order valence-corrected chi connectivity index (χ2v) is 8.80. The molecule has 3 aromatic rings. The number of aliphatic imine (C=N–C) groups is 2. The van der Waals surface area contributed by atoms with E-state index in [1.807, 2.05) is 54.3 Å². The van der Waals surface area contributed by atoms with Crippen LogP contribution in [-0.2, 0) is 0 Å². The van der Waals surface area contributed by atoms with Gasteiger partial charge in [-0.3, -0.25) is 19.8 Å². The second kappa shape index (κ2) is 17.4. The molecule has 0 aliphatic rings. The Labute approximate surface area is 237 Å². The smallest absolute Gasteiger partial charge is 0.269 e. The van der Waals surface area contributed by atoms with Crippen molar-refractivity contribution in [2.75, 3.05) is 38.8 Å². The lowest BCUT2D eigenvalue weighted by Crippen LogP contribution is -2.25. The van der Waals surface area contributed by atoms with Crippen molar-refractivity contribution in [2.24, 2.45) is 9.98 Å². The van der Waals surface area contributed by atoms with Crippen molar-refractivity contribution in [3.8, 4) is 11.5 Å². The van der Waals surface area contributed by atoms with E-state index in [0.29, 0.717) is 23.7 Å². The van der Waals surface area contributed by atoms with Gasteiger partial charge in [0.05, 0.1) is 32.2 Å². The van der Waals surface area contributed by atoms with Crippen LogP contribution in [0.5, 0.6) is 11.5 Å². The number of aliphatic hydroxyl groups is 1. The summed E-state index contributed by atoms with van der Waals surface area (Å²) in [6.07, 6.45) is 4.57. The van der Waals surface area contributed by atoms with Crippen LogP contribution in [0.15, 0.2) is 70.8 Å². The number of amides is 1. The van der Waals surface area contributed by atoms with E-state index in [4.69, 9.17) is 9.47 Å². The maximum Gasteiger partial charge on any atom is 0.269 e. The molecule has 0 radical (unpaired) electrons. The minimum Gasteiger partial charge on any atom is -0.497 e. The number of methoxy groups -OCH3 is 2. The fourth-order valence-corrected chi connectivity index (χ4v) is 3.61. The molecule has 0 atom stereocenters. The van der Waals surface area contributed by atoms with Gasteiger partial charge in [0, 0.05) is 54.6 Å². The number of benzene rings is 2. The normalized spacial score (nSPS) is 10.7. The summed E-state index contributed by atoms with van der Waals surface area (Å²) in [5.41, 5.74) is 4.70. The van der Waals surface area contributed by atoms with Crippen LogP contribution in [0.2, 0.25) is 0 Å². The highest BCUT2D eigenvalue weighted by Gasteiger charge is 2.14. The zero-order valence-electron chi connectivity index (χ0n) is 24.2. The Bertz CT molecular complexity index is 1230. The SMILES string of the molecule is C=Nc1ccc(N(CCO)c2cc(OC)cc(OC)c2)cc1N=C(C)CC.CCCCNC(=O)c1ccccn1. The van der Waals surface area contributed by atoms with Crippen molar-refractivity contribution in [3.63, 3.8) is 0 Å². The molecule has 9 nitrogen and oxygen atoms in total. The molecule has 1 amide bonds. The number of carbonyl (C=O) groups excluding carboxylic acids is 1. The summed E-state index contributed by atoms with van der Waals surface area (Å²) >= 11 is 0. The Hall–Kier alpha value is -4.24. The molecule has 0 spiro atoms. The van der Waals surface area contributed by atoms with Gasteiger partial charge in [-0.25, -0.2) is 0 Å². The van der Waals surface area contributed by atoms with Crippen LogP contribution in [0, 0.1) is 0 Å². The van der Waals surface area contributed by atoms with Crippen molar-refractivity contribution < 1.29 is 19.4 Å². The van der Waals surface area contributed by atoms with Gasteiger partial charge in [0.1, 0.15) is 17.2 Å². The van der Waals surface area contributed by atoms with E-state index in [1.165, 1.54) is 0 Å². The Morgan fingerprint density at radius 1 is 1.02 bits per heavy atom. The lowest BCUT2D eigenvalue weighted by molar-refractivity contribution is 0.0948. The van der Waals surface area contributed by atoms with Crippen LogP contribution in [0.1, 0.15) is 50.5 Å². The van der Waals surface area contributed by atoms with Crippen LogP contribution in [0.3, 0.4) is 0 Å². The van der Waals surface area contributed by atoms with Crippen molar-refractivity contribution >= 4 is 41.1 Å². The lowest BCUT2D eigenvalue weighted by atomic mass is 10.2. The second-order valence-electron chi connectivity index (χ2n) is 8.80. The summed E-state index contributed by atoms with van der Waals surface area (Å²) in [4.78, 5) is 26.0. The van der Waals surface area contributed by atoms with E-state index in [1.54, 1.807) is 32.5 Å². The molecule has 214 valence electrons. The van der Waals surface area contributed by atoms with Crippen LogP contribution < -0.4 is 19.7 Å². The number of ether oxygens (including phenoxy) is 2. The van der Waals surface area contributed by atoms with Gasteiger partial charge in [-0.2, -0.15) is 0 Å². The van der Waals surface area contributed by atoms with Gasteiger partial charge < -0.3 is 24.8 Å². The van der Waals surface area contributed by atoms with Crippen molar-refractivity contribution in [1.82, 2.24) is 10.3 Å². The number of nitrogens with zero attached hydrogens (tertiary/aromatic N) is 4. The Kier molecular flexibility index (Phi) is 13.9. The minimum absolute atomic E-state index is 0.00638. The van der Waals surface area contributed by atoms with Gasteiger partial charge in [0.15, 0.2) is 0 Å². The number of rotatable bonds is 13. The van der Waals surface area contributed by atoms with E-state index >= 15 is 0 Å². The first-order chi connectivity index (χ1) is 19.4. The van der Waals surface area contributed by atoms with Gasteiger partial charge in [0.25, 0.3) is 5.91 Å². The molecule has 1 aromatic heterocycles. The third-order valence-electron chi connectivity index (χ3n) is 5.95. The van der Waals surface area contributed by atoms with E-state index in [0.717, 1.165) is 54.3 Å². The molecule has 2 aromatic carbocycles. The van der Waals surface area contributed by atoms with E-state index < -0.39 is 0 Å². The predicted molar refractivity (Wildman–Crippen MR) is 164 cm³/mol. The molecule has 3 rings (SSSR count). The average molecular weight is 548 g/mol. The maximum absolute atomic E-state index is 11.3. The number of carbonyl (C=O) groups is 1. The van der Waals surface area contributed by atoms with E-state index in [9.17, 15) is 9.90 Å². The zero-order chi connectivity index (χ0) is 29.3. The highest BCUT2D eigenvalue weighted by molar-refractivity contribution is 5.92. The molecule has 1 heterocycles. The summed E-state index contributed by atoms with van der Waals surface area (Å²) in [5.74, 6) is 1.27. The van der Waals surface area contributed by atoms with E-state index in [-0.39, 0.29) is 12.5 Å². The Morgan fingerprint density at radius 2 is 1.75 bits per heavy atom. The summed E-state index contributed by atoms with van der Waals surface area (Å²) in [6.45, 7) is 10.9. The molecule has 40 heavy (non-hydrogen) atoms. The first-order valence-corrected chi connectivity index (χ1v) is 13.4. The molecule has 0 fully saturated rings.